The average Bonchev–Trinajstić information content (AvgIpc) is 3.12. The zero-order chi connectivity index (χ0) is 17.9. The second kappa shape index (κ2) is 8.14. The van der Waals surface area contributed by atoms with Crippen LogP contribution in [0.3, 0.4) is 0 Å². The third-order valence-corrected chi connectivity index (χ3v) is 6.84. The highest BCUT2D eigenvalue weighted by molar-refractivity contribution is 7.89. The van der Waals surface area contributed by atoms with Crippen LogP contribution in [0.2, 0.25) is 5.02 Å². The van der Waals surface area contributed by atoms with E-state index in [9.17, 15) is 12.8 Å². The molecule has 0 amide bonds. The van der Waals surface area contributed by atoms with Gasteiger partial charge < -0.3 is 0 Å². The first-order chi connectivity index (χ1) is 12.0. The Hall–Kier alpha value is -0.990. The summed E-state index contributed by atoms with van der Waals surface area (Å²) in [6.45, 7) is 2.20. The van der Waals surface area contributed by atoms with E-state index in [1.807, 2.05) is 11.4 Å². The molecule has 4 nitrogen and oxygen atoms in total. The molecule has 0 aliphatic carbocycles. The van der Waals surface area contributed by atoms with Crippen LogP contribution in [-0.2, 0) is 10.0 Å². The summed E-state index contributed by atoms with van der Waals surface area (Å²) in [6, 6.07) is 5.46. The van der Waals surface area contributed by atoms with Crippen LogP contribution in [0.15, 0.2) is 39.9 Å². The van der Waals surface area contributed by atoms with E-state index in [2.05, 4.69) is 15.0 Å². The summed E-state index contributed by atoms with van der Waals surface area (Å²) in [6.07, 6.45) is 3.47. The van der Waals surface area contributed by atoms with Gasteiger partial charge in [-0.1, -0.05) is 18.0 Å². The molecule has 0 saturated carbocycles. The van der Waals surface area contributed by atoms with E-state index in [4.69, 9.17) is 11.6 Å². The predicted octanol–water partition coefficient (Wildman–Crippen LogP) is 4.05. The molecule has 1 fully saturated rings. The number of benzene rings is 1. The van der Waals surface area contributed by atoms with Crippen molar-refractivity contribution in [2.75, 3.05) is 19.6 Å². The summed E-state index contributed by atoms with van der Waals surface area (Å²) in [5.41, 5.74) is 1.12. The molecule has 0 spiro atoms. The molecule has 1 saturated heterocycles. The molecule has 2 aromatic rings. The number of nitrogens with zero attached hydrogens (tertiary/aromatic N) is 1. The monoisotopic (exact) mass is 402 g/mol. The Kier molecular flexibility index (Phi) is 6.12. The fraction of sp³-hybridized carbons (Fsp3) is 0.412. The topological polar surface area (TPSA) is 49.4 Å². The first kappa shape index (κ1) is 18.8. The molecule has 1 N–H and O–H groups in total. The van der Waals surface area contributed by atoms with Crippen LogP contribution in [0.1, 0.15) is 30.9 Å². The second-order valence-electron chi connectivity index (χ2n) is 6.10. The molecule has 136 valence electrons. The Balaban J connectivity index is 1.76. The van der Waals surface area contributed by atoms with Crippen LogP contribution >= 0.6 is 22.9 Å². The van der Waals surface area contributed by atoms with Gasteiger partial charge in [0.2, 0.25) is 10.0 Å². The van der Waals surface area contributed by atoms with Gasteiger partial charge in [-0.3, -0.25) is 4.90 Å². The standard InChI is InChI=1S/C17H20ClFN2O2S2/c18-15-10-14(4-5-16(15)19)25(22,23)20-11-17(13-6-9-24-12-13)21-7-2-1-3-8-21/h4-6,9-10,12,17,20H,1-3,7-8,11H2. The zero-order valence-corrected chi connectivity index (χ0v) is 16.0. The van der Waals surface area contributed by atoms with Crippen LogP contribution in [0.5, 0.6) is 0 Å². The predicted molar refractivity (Wildman–Crippen MR) is 99.1 cm³/mol. The Morgan fingerprint density at radius 3 is 2.64 bits per heavy atom. The number of piperidine rings is 1. The molecule has 8 heteroatoms. The maximum atomic E-state index is 13.3. The molecule has 1 aromatic carbocycles. The first-order valence-corrected chi connectivity index (χ1v) is 11.0. The molecular weight excluding hydrogens is 383 g/mol. The molecule has 2 heterocycles. The lowest BCUT2D eigenvalue weighted by molar-refractivity contribution is 0.165. The number of hydrogen-bond acceptors (Lipinski definition) is 4. The summed E-state index contributed by atoms with van der Waals surface area (Å²) >= 11 is 7.31. The quantitative estimate of drug-likeness (QED) is 0.793. The van der Waals surface area contributed by atoms with Gasteiger partial charge in [-0.05, 0) is 66.5 Å². The van der Waals surface area contributed by atoms with Crippen molar-refractivity contribution >= 4 is 33.0 Å². The first-order valence-electron chi connectivity index (χ1n) is 8.18. The number of hydrogen-bond donors (Lipinski definition) is 1. The lowest BCUT2D eigenvalue weighted by Crippen LogP contribution is -2.40. The number of halogens is 2. The van der Waals surface area contributed by atoms with Crippen LogP contribution < -0.4 is 4.72 Å². The van der Waals surface area contributed by atoms with Gasteiger partial charge in [0.1, 0.15) is 5.82 Å². The fourth-order valence-corrected chi connectivity index (χ4v) is 5.08. The summed E-state index contributed by atoms with van der Waals surface area (Å²) in [7, 11) is -3.75. The van der Waals surface area contributed by atoms with Crippen molar-refractivity contribution in [3.05, 3.63) is 51.4 Å². The molecule has 1 atom stereocenters. The number of nitrogens with one attached hydrogen (secondary N) is 1. The number of rotatable bonds is 6. The maximum absolute atomic E-state index is 13.3. The SMILES string of the molecule is O=S(=O)(NCC(c1ccsc1)N1CCCCC1)c1ccc(F)c(Cl)c1. The highest BCUT2D eigenvalue weighted by atomic mass is 35.5. The van der Waals surface area contributed by atoms with E-state index in [0.29, 0.717) is 0 Å². The third-order valence-electron chi connectivity index (χ3n) is 4.43. The molecule has 0 bridgehead atoms. The summed E-state index contributed by atoms with van der Waals surface area (Å²) in [5, 5.41) is 3.86. The highest BCUT2D eigenvalue weighted by Crippen LogP contribution is 2.26. The lowest BCUT2D eigenvalue weighted by atomic mass is 10.0. The largest absolute Gasteiger partial charge is 0.295 e. The molecule has 0 radical (unpaired) electrons. The van der Waals surface area contributed by atoms with E-state index < -0.39 is 15.8 Å². The van der Waals surface area contributed by atoms with E-state index >= 15 is 0 Å². The van der Waals surface area contributed by atoms with Gasteiger partial charge in [-0.15, -0.1) is 0 Å². The minimum atomic E-state index is -3.75. The molecule has 1 aromatic heterocycles. The average molecular weight is 403 g/mol. The Morgan fingerprint density at radius 1 is 1.24 bits per heavy atom. The van der Waals surface area contributed by atoms with Crippen molar-refractivity contribution in [1.29, 1.82) is 0 Å². The van der Waals surface area contributed by atoms with Crippen LogP contribution in [0.25, 0.3) is 0 Å². The van der Waals surface area contributed by atoms with E-state index in [-0.39, 0.29) is 22.5 Å². The van der Waals surface area contributed by atoms with Gasteiger partial charge in [0.05, 0.1) is 9.92 Å². The minimum absolute atomic E-state index is 0.00255. The van der Waals surface area contributed by atoms with Crippen molar-refractivity contribution in [1.82, 2.24) is 9.62 Å². The number of likely N-dealkylation sites (tertiary alicyclic amines) is 1. The molecule has 1 aliphatic heterocycles. The maximum Gasteiger partial charge on any atom is 0.240 e. The minimum Gasteiger partial charge on any atom is -0.295 e. The van der Waals surface area contributed by atoms with Crippen molar-refractivity contribution in [2.45, 2.75) is 30.2 Å². The van der Waals surface area contributed by atoms with Gasteiger partial charge in [-0.2, -0.15) is 11.3 Å². The molecule has 1 unspecified atom stereocenters. The molecule has 25 heavy (non-hydrogen) atoms. The molecule has 1 aliphatic rings. The van der Waals surface area contributed by atoms with Gasteiger partial charge in [0, 0.05) is 12.6 Å². The van der Waals surface area contributed by atoms with Crippen LogP contribution in [-0.4, -0.2) is 33.0 Å². The van der Waals surface area contributed by atoms with Crippen LogP contribution in [0.4, 0.5) is 4.39 Å². The van der Waals surface area contributed by atoms with Gasteiger partial charge in [0.25, 0.3) is 0 Å². The summed E-state index contributed by atoms with van der Waals surface area (Å²) in [4.78, 5) is 2.30. The summed E-state index contributed by atoms with van der Waals surface area (Å²) in [5.74, 6) is -0.634. The van der Waals surface area contributed by atoms with Crippen molar-refractivity contribution in [3.63, 3.8) is 0 Å². The van der Waals surface area contributed by atoms with Crippen molar-refractivity contribution in [3.8, 4) is 0 Å². The van der Waals surface area contributed by atoms with E-state index in [1.54, 1.807) is 11.3 Å². The lowest BCUT2D eigenvalue weighted by Gasteiger charge is -2.34. The normalized spacial score (nSPS) is 17.5. The Morgan fingerprint density at radius 2 is 2.00 bits per heavy atom. The fourth-order valence-electron chi connectivity index (χ4n) is 3.07. The van der Waals surface area contributed by atoms with Crippen molar-refractivity contribution < 1.29 is 12.8 Å². The molecular formula is C17H20ClFN2O2S2. The summed E-state index contributed by atoms with van der Waals surface area (Å²) < 4.78 is 41.0. The molecule has 3 rings (SSSR count). The van der Waals surface area contributed by atoms with Crippen molar-refractivity contribution in [2.24, 2.45) is 0 Å². The smallest absolute Gasteiger partial charge is 0.240 e. The Labute approximate surface area is 156 Å². The van der Waals surface area contributed by atoms with Gasteiger partial charge in [0.15, 0.2) is 0 Å². The third kappa shape index (κ3) is 4.60. The van der Waals surface area contributed by atoms with Gasteiger partial charge in [-0.25, -0.2) is 17.5 Å². The Bertz CT molecular complexity index is 806. The zero-order valence-electron chi connectivity index (χ0n) is 13.6. The second-order valence-corrected chi connectivity index (χ2v) is 9.05. The van der Waals surface area contributed by atoms with Gasteiger partial charge >= 0.3 is 0 Å². The van der Waals surface area contributed by atoms with Crippen LogP contribution in [0, 0.1) is 5.82 Å². The van der Waals surface area contributed by atoms with E-state index in [1.165, 1.54) is 12.5 Å². The number of thiophene rings is 1. The number of sulfonamides is 1. The van der Waals surface area contributed by atoms with E-state index in [0.717, 1.165) is 43.6 Å². The highest BCUT2D eigenvalue weighted by Gasteiger charge is 2.25.